The molecule has 2 aliphatic rings. The van der Waals surface area contributed by atoms with E-state index in [0.717, 1.165) is 51.0 Å². The van der Waals surface area contributed by atoms with Crippen molar-refractivity contribution in [1.82, 2.24) is 15.5 Å². The highest BCUT2D eigenvalue weighted by Crippen LogP contribution is 2.42. The molecule has 0 bridgehead atoms. The van der Waals surface area contributed by atoms with Crippen molar-refractivity contribution in [1.29, 1.82) is 0 Å². The largest absolute Gasteiger partial charge is 0.381 e. The number of nitrogens with one attached hydrogen (secondary N) is 2. The van der Waals surface area contributed by atoms with Crippen molar-refractivity contribution >= 4 is 5.96 Å². The van der Waals surface area contributed by atoms with Gasteiger partial charge in [-0.2, -0.15) is 0 Å². The minimum absolute atomic E-state index is 0.166. The van der Waals surface area contributed by atoms with Crippen molar-refractivity contribution in [2.45, 2.75) is 64.3 Å². The maximum atomic E-state index is 5.57. The Morgan fingerprint density at radius 1 is 1.04 bits per heavy atom. The molecule has 146 valence electrons. The second-order valence-corrected chi connectivity index (χ2v) is 8.82. The van der Waals surface area contributed by atoms with Crippen LogP contribution in [0, 0.1) is 11.3 Å². The SMILES string of the molecule is CN=C(NCC1(CC(C)C)CCCC1)NCC1(N(C)C)CCOCC1. The molecule has 0 aromatic carbocycles. The van der Waals surface area contributed by atoms with E-state index < -0.39 is 0 Å². The first-order valence-electron chi connectivity index (χ1n) is 10.1. The van der Waals surface area contributed by atoms with Crippen LogP contribution in [-0.2, 0) is 4.74 Å². The predicted octanol–water partition coefficient (Wildman–Crippen LogP) is 2.87. The van der Waals surface area contributed by atoms with E-state index in [0.29, 0.717) is 5.41 Å². The molecule has 1 aliphatic heterocycles. The fraction of sp³-hybridized carbons (Fsp3) is 0.950. The molecule has 25 heavy (non-hydrogen) atoms. The van der Waals surface area contributed by atoms with Crippen LogP contribution in [0.25, 0.3) is 0 Å². The monoisotopic (exact) mass is 352 g/mol. The summed E-state index contributed by atoms with van der Waals surface area (Å²) in [7, 11) is 6.24. The van der Waals surface area contributed by atoms with Gasteiger partial charge >= 0.3 is 0 Å². The lowest BCUT2D eigenvalue weighted by atomic mass is 9.78. The van der Waals surface area contributed by atoms with Crippen LogP contribution in [0.1, 0.15) is 58.8 Å². The van der Waals surface area contributed by atoms with Gasteiger partial charge in [-0.3, -0.25) is 4.99 Å². The zero-order valence-corrected chi connectivity index (χ0v) is 17.2. The highest BCUT2D eigenvalue weighted by Gasteiger charge is 2.36. The minimum atomic E-state index is 0.166. The van der Waals surface area contributed by atoms with E-state index >= 15 is 0 Å². The number of likely N-dealkylation sites (N-methyl/N-ethyl adjacent to an activating group) is 1. The van der Waals surface area contributed by atoms with Crippen molar-refractivity contribution in [3.63, 3.8) is 0 Å². The molecule has 2 N–H and O–H groups in total. The van der Waals surface area contributed by atoms with Crippen LogP contribution >= 0.6 is 0 Å². The number of nitrogens with zero attached hydrogens (tertiary/aromatic N) is 2. The molecule has 1 aliphatic carbocycles. The molecule has 1 heterocycles. The van der Waals surface area contributed by atoms with Crippen LogP contribution in [0.3, 0.4) is 0 Å². The fourth-order valence-electron chi connectivity index (χ4n) is 4.72. The average molecular weight is 353 g/mol. The van der Waals surface area contributed by atoms with E-state index in [2.05, 4.69) is 48.5 Å². The number of aliphatic imine (C=N–C) groups is 1. The van der Waals surface area contributed by atoms with E-state index in [1.807, 2.05) is 7.05 Å². The highest BCUT2D eigenvalue weighted by atomic mass is 16.5. The fourth-order valence-corrected chi connectivity index (χ4v) is 4.72. The summed E-state index contributed by atoms with van der Waals surface area (Å²) >= 11 is 0. The maximum absolute atomic E-state index is 5.57. The highest BCUT2D eigenvalue weighted by molar-refractivity contribution is 5.79. The number of hydrogen-bond donors (Lipinski definition) is 2. The Kier molecular flexibility index (Phi) is 7.56. The molecular formula is C20H40N4O. The third-order valence-corrected chi connectivity index (χ3v) is 6.32. The normalized spacial score (nSPS) is 23.2. The third-order valence-electron chi connectivity index (χ3n) is 6.32. The van der Waals surface area contributed by atoms with Gasteiger partial charge in [0.05, 0.1) is 0 Å². The Morgan fingerprint density at radius 2 is 1.64 bits per heavy atom. The van der Waals surface area contributed by atoms with Gasteiger partial charge in [0.15, 0.2) is 5.96 Å². The van der Waals surface area contributed by atoms with Crippen LogP contribution in [0.2, 0.25) is 0 Å². The standard InChI is InChI=1S/C20H40N4O/c1-17(2)14-19(8-6-7-9-19)15-22-18(21-3)23-16-20(24(4)5)10-12-25-13-11-20/h17H,6-16H2,1-5H3,(H2,21,22,23). The molecule has 5 nitrogen and oxygen atoms in total. The molecule has 0 radical (unpaired) electrons. The van der Waals surface area contributed by atoms with Crippen molar-refractivity contribution in [3.8, 4) is 0 Å². The van der Waals surface area contributed by atoms with Crippen molar-refractivity contribution in [2.24, 2.45) is 16.3 Å². The molecule has 0 unspecified atom stereocenters. The molecule has 1 saturated carbocycles. The molecule has 0 atom stereocenters. The van der Waals surface area contributed by atoms with Crippen LogP contribution in [0.15, 0.2) is 4.99 Å². The summed E-state index contributed by atoms with van der Waals surface area (Å²) in [5, 5.41) is 7.24. The molecule has 2 fully saturated rings. The lowest BCUT2D eigenvalue weighted by Gasteiger charge is -2.43. The van der Waals surface area contributed by atoms with E-state index in [9.17, 15) is 0 Å². The Morgan fingerprint density at radius 3 is 2.16 bits per heavy atom. The summed E-state index contributed by atoms with van der Waals surface area (Å²) < 4.78 is 5.57. The van der Waals surface area contributed by atoms with E-state index in [4.69, 9.17) is 4.74 Å². The summed E-state index contributed by atoms with van der Waals surface area (Å²) in [4.78, 5) is 6.83. The second kappa shape index (κ2) is 9.22. The number of guanidine groups is 1. The smallest absolute Gasteiger partial charge is 0.191 e. The van der Waals surface area contributed by atoms with Gasteiger partial charge in [0.1, 0.15) is 0 Å². The Balaban J connectivity index is 1.89. The summed E-state index contributed by atoms with van der Waals surface area (Å²) in [5.41, 5.74) is 0.628. The van der Waals surface area contributed by atoms with Gasteiger partial charge in [-0.1, -0.05) is 26.7 Å². The number of ether oxygens (including phenoxy) is 1. The Hall–Kier alpha value is -0.810. The second-order valence-electron chi connectivity index (χ2n) is 8.82. The van der Waals surface area contributed by atoms with E-state index in [-0.39, 0.29) is 5.54 Å². The average Bonchev–Trinajstić information content (AvgIpc) is 3.03. The van der Waals surface area contributed by atoms with Gasteiger partial charge in [0, 0.05) is 38.9 Å². The summed E-state index contributed by atoms with van der Waals surface area (Å²) in [6.45, 7) is 8.36. The molecule has 0 aromatic rings. The lowest BCUT2D eigenvalue weighted by Crippen LogP contribution is -2.57. The van der Waals surface area contributed by atoms with Crippen molar-refractivity contribution in [2.75, 3.05) is 47.4 Å². The molecule has 1 saturated heterocycles. The predicted molar refractivity (Wildman–Crippen MR) is 106 cm³/mol. The minimum Gasteiger partial charge on any atom is -0.381 e. The van der Waals surface area contributed by atoms with Gasteiger partial charge < -0.3 is 20.3 Å². The quantitative estimate of drug-likeness (QED) is 0.546. The molecule has 0 aromatic heterocycles. The zero-order valence-electron chi connectivity index (χ0n) is 17.2. The molecule has 0 spiro atoms. The number of hydrogen-bond acceptors (Lipinski definition) is 3. The van der Waals surface area contributed by atoms with E-state index in [1.165, 1.54) is 32.1 Å². The van der Waals surface area contributed by atoms with Gasteiger partial charge in [0.2, 0.25) is 0 Å². The molecule has 5 heteroatoms. The summed E-state index contributed by atoms with van der Waals surface area (Å²) in [6, 6.07) is 0. The van der Waals surface area contributed by atoms with Crippen LogP contribution in [0.5, 0.6) is 0 Å². The van der Waals surface area contributed by atoms with Crippen molar-refractivity contribution < 1.29 is 4.74 Å². The van der Waals surface area contributed by atoms with Crippen LogP contribution < -0.4 is 10.6 Å². The summed E-state index contributed by atoms with van der Waals surface area (Å²) in [6.07, 6.45) is 8.93. The van der Waals surface area contributed by atoms with Crippen molar-refractivity contribution in [3.05, 3.63) is 0 Å². The van der Waals surface area contributed by atoms with Crippen LogP contribution in [0.4, 0.5) is 0 Å². The van der Waals surface area contributed by atoms with Crippen LogP contribution in [-0.4, -0.2) is 63.8 Å². The molecule has 0 amide bonds. The first kappa shape index (κ1) is 20.5. The van der Waals surface area contributed by atoms with Gasteiger partial charge in [-0.05, 0) is 57.5 Å². The lowest BCUT2D eigenvalue weighted by molar-refractivity contribution is -0.00502. The zero-order chi connectivity index (χ0) is 18.3. The Labute approximate surface area is 155 Å². The molecule has 2 rings (SSSR count). The Bertz CT molecular complexity index is 421. The molecular weight excluding hydrogens is 312 g/mol. The first-order valence-corrected chi connectivity index (χ1v) is 10.1. The van der Waals surface area contributed by atoms with Gasteiger partial charge in [-0.15, -0.1) is 0 Å². The topological polar surface area (TPSA) is 48.9 Å². The summed E-state index contributed by atoms with van der Waals surface area (Å²) in [5.74, 6) is 1.71. The maximum Gasteiger partial charge on any atom is 0.191 e. The van der Waals surface area contributed by atoms with Gasteiger partial charge in [-0.25, -0.2) is 0 Å². The first-order chi connectivity index (χ1) is 11.9. The van der Waals surface area contributed by atoms with E-state index in [1.54, 1.807) is 0 Å². The van der Waals surface area contributed by atoms with Gasteiger partial charge in [0.25, 0.3) is 0 Å². The number of rotatable bonds is 7. The third kappa shape index (κ3) is 5.58.